The highest BCUT2D eigenvalue weighted by Crippen LogP contribution is 2.18. The molecule has 2 amide bonds. The minimum atomic E-state index is -0.363. The molecular weight excluding hydrogens is 372 g/mol. The number of aromatic nitrogens is 2. The second kappa shape index (κ2) is 8.39. The normalized spacial score (nSPS) is 10.3. The van der Waals surface area contributed by atoms with E-state index in [1.165, 1.54) is 18.7 Å². The second-order valence-corrected chi connectivity index (χ2v) is 6.34. The molecule has 0 aliphatic heterocycles. The number of rotatable bonds is 6. The third kappa shape index (κ3) is 4.67. The number of hydrogen-bond acceptors (Lipinski definition) is 5. The zero-order chi connectivity index (χ0) is 21.0. The van der Waals surface area contributed by atoms with E-state index in [9.17, 15) is 14.4 Å². The first-order chi connectivity index (χ1) is 13.9. The number of nitrogens with zero attached hydrogens (tertiary/aromatic N) is 2. The van der Waals surface area contributed by atoms with E-state index < -0.39 is 0 Å². The molecule has 0 unspecified atom stereocenters. The molecule has 0 bridgehead atoms. The average molecular weight is 392 g/mol. The van der Waals surface area contributed by atoms with Crippen molar-refractivity contribution in [3.63, 3.8) is 0 Å². The third-order valence-corrected chi connectivity index (χ3v) is 4.19. The standard InChI is InChI=1S/C21H20N4O4/c1-13(26)14-4-8-16(9-5-14)22-19(27)15-6-10-17(11-7-15)23-20(28)18-12-25(2)24-21(18)29-3/h4-12H,1-3H3,(H,22,27)(H,23,28). The monoisotopic (exact) mass is 392 g/mol. The van der Waals surface area contributed by atoms with E-state index in [0.717, 1.165) is 0 Å². The summed E-state index contributed by atoms with van der Waals surface area (Å²) in [6, 6.07) is 13.1. The Labute approximate surface area is 167 Å². The molecule has 148 valence electrons. The molecule has 0 fully saturated rings. The van der Waals surface area contributed by atoms with Gasteiger partial charge in [-0.15, -0.1) is 5.10 Å². The van der Waals surface area contributed by atoms with Crippen LogP contribution in [0.5, 0.6) is 5.88 Å². The number of methoxy groups -OCH3 is 1. The Balaban J connectivity index is 1.65. The molecule has 2 N–H and O–H groups in total. The number of benzene rings is 2. The first kappa shape index (κ1) is 19.8. The Kier molecular flexibility index (Phi) is 5.73. The lowest BCUT2D eigenvalue weighted by atomic mass is 10.1. The molecule has 3 rings (SSSR count). The third-order valence-electron chi connectivity index (χ3n) is 4.19. The highest BCUT2D eigenvalue weighted by Gasteiger charge is 2.16. The van der Waals surface area contributed by atoms with Crippen LogP contribution < -0.4 is 15.4 Å². The summed E-state index contributed by atoms with van der Waals surface area (Å²) in [5.41, 5.74) is 2.43. The Hall–Kier alpha value is -3.94. The molecule has 8 nitrogen and oxygen atoms in total. The minimum absolute atomic E-state index is 0.0376. The molecule has 3 aromatic rings. The molecule has 0 spiro atoms. The van der Waals surface area contributed by atoms with E-state index in [2.05, 4.69) is 15.7 Å². The van der Waals surface area contributed by atoms with Gasteiger partial charge in [0, 0.05) is 35.7 Å². The van der Waals surface area contributed by atoms with Gasteiger partial charge in [-0.3, -0.25) is 19.1 Å². The van der Waals surface area contributed by atoms with E-state index in [4.69, 9.17) is 4.74 Å². The van der Waals surface area contributed by atoms with Crippen molar-refractivity contribution in [3.05, 3.63) is 71.4 Å². The quantitative estimate of drug-likeness (QED) is 0.628. The van der Waals surface area contributed by atoms with Crippen molar-refractivity contribution < 1.29 is 19.1 Å². The summed E-state index contributed by atoms with van der Waals surface area (Å²) in [7, 11) is 3.14. The second-order valence-electron chi connectivity index (χ2n) is 6.34. The lowest BCUT2D eigenvalue weighted by Gasteiger charge is -2.08. The van der Waals surface area contributed by atoms with Gasteiger partial charge in [-0.25, -0.2) is 0 Å². The molecule has 0 saturated heterocycles. The van der Waals surface area contributed by atoms with E-state index in [-0.39, 0.29) is 23.5 Å². The van der Waals surface area contributed by atoms with Gasteiger partial charge < -0.3 is 15.4 Å². The Morgan fingerprint density at radius 3 is 1.90 bits per heavy atom. The van der Waals surface area contributed by atoms with Crippen LogP contribution in [0.3, 0.4) is 0 Å². The van der Waals surface area contributed by atoms with Gasteiger partial charge in [0.1, 0.15) is 5.56 Å². The van der Waals surface area contributed by atoms with E-state index in [1.54, 1.807) is 61.8 Å². The Morgan fingerprint density at radius 2 is 1.38 bits per heavy atom. The zero-order valence-electron chi connectivity index (χ0n) is 16.2. The van der Waals surface area contributed by atoms with Gasteiger partial charge in [-0.1, -0.05) is 0 Å². The number of Topliss-reactive ketones (excluding diaryl/α,β-unsaturated/α-hetero) is 1. The number of nitrogens with one attached hydrogen (secondary N) is 2. The zero-order valence-corrected chi connectivity index (χ0v) is 16.2. The van der Waals surface area contributed by atoms with Crippen LogP contribution in [-0.2, 0) is 7.05 Å². The van der Waals surface area contributed by atoms with Gasteiger partial charge in [0.2, 0.25) is 5.88 Å². The fourth-order valence-electron chi connectivity index (χ4n) is 2.67. The van der Waals surface area contributed by atoms with Crippen LogP contribution in [0.25, 0.3) is 0 Å². The molecule has 1 aromatic heterocycles. The number of amides is 2. The molecule has 0 atom stereocenters. The van der Waals surface area contributed by atoms with E-state index >= 15 is 0 Å². The maximum absolute atomic E-state index is 12.4. The van der Waals surface area contributed by atoms with Crippen LogP contribution in [0.1, 0.15) is 38.0 Å². The van der Waals surface area contributed by atoms with Gasteiger partial charge in [0.25, 0.3) is 11.8 Å². The number of ether oxygens (including phenoxy) is 1. The van der Waals surface area contributed by atoms with Gasteiger partial charge >= 0.3 is 0 Å². The number of hydrogen-bond donors (Lipinski definition) is 2. The minimum Gasteiger partial charge on any atom is -0.479 e. The summed E-state index contributed by atoms with van der Waals surface area (Å²) in [6.07, 6.45) is 1.56. The molecule has 2 aromatic carbocycles. The maximum atomic E-state index is 12.4. The topological polar surface area (TPSA) is 102 Å². The van der Waals surface area contributed by atoms with Crippen molar-refractivity contribution in [2.45, 2.75) is 6.92 Å². The fraction of sp³-hybridized carbons (Fsp3) is 0.143. The number of carbonyl (C=O) groups is 3. The average Bonchev–Trinajstić information content (AvgIpc) is 3.10. The predicted octanol–water partition coefficient (Wildman–Crippen LogP) is 3.14. The summed E-state index contributed by atoms with van der Waals surface area (Å²) in [6.45, 7) is 1.48. The van der Waals surface area contributed by atoms with Gasteiger partial charge in [-0.2, -0.15) is 0 Å². The Bertz CT molecular complexity index is 1050. The van der Waals surface area contributed by atoms with Crippen LogP contribution in [0, 0.1) is 0 Å². The van der Waals surface area contributed by atoms with Crippen molar-refractivity contribution in [2.75, 3.05) is 17.7 Å². The van der Waals surface area contributed by atoms with Gasteiger partial charge in [-0.05, 0) is 55.5 Å². The van der Waals surface area contributed by atoms with E-state index in [1.807, 2.05) is 0 Å². The van der Waals surface area contributed by atoms with Gasteiger partial charge in [0.05, 0.1) is 7.11 Å². The molecule has 1 heterocycles. The van der Waals surface area contributed by atoms with Crippen LogP contribution >= 0.6 is 0 Å². The summed E-state index contributed by atoms with van der Waals surface area (Å²) < 4.78 is 6.58. The maximum Gasteiger partial charge on any atom is 0.262 e. The van der Waals surface area contributed by atoms with Crippen molar-refractivity contribution in [1.82, 2.24) is 9.78 Å². The number of carbonyl (C=O) groups excluding carboxylic acids is 3. The van der Waals surface area contributed by atoms with Crippen molar-refractivity contribution in [2.24, 2.45) is 7.05 Å². The molecule has 29 heavy (non-hydrogen) atoms. The summed E-state index contributed by atoms with van der Waals surface area (Å²) in [5, 5.41) is 9.55. The largest absolute Gasteiger partial charge is 0.479 e. The van der Waals surface area contributed by atoms with Crippen LogP contribution in [0.15, 0.2) is 54.7 Å². The molecule has 0 saturated carbocycles. The lowest BCUT2D eigenvalue weighted by Crippen LogP contribution is -2.14. The predicted molar refractivity (Wildman–Crippen MR) is 109 cm³/mol. The Morgan fingerprint density at radius 1 is 0.862 bits per heavy atom. The van der Waals surface area contributed by atoms with Gasteiger partial charge in [0.15, 0.2) is 5.78 Å². The lowest BCUT2D eigenvalue weighted by molar-refractivity contribution is 0.101. The van der Waals surface area contributed by atoms with Crippen molar-refractivity contribution in [3.8, 4) is 5.88 Å². The molecule has 0 aliphatic carbocycles. The van der Waals surface area contributed by atoms with Crippen LogP contribution in [-0.4, -0.2) is 34.5 Å². The highest BCUT2D eigenvalue weighted by atomic mass is 16.5. The molecule has 0 radical (unpaired) electrons. The highest BCUT2D eigenvalue weighted by molar-refractivity contribution is 6.07. The van der Waals surface area contributed by atoms with Crippen LogP contribution in [0.2, 0.25) is 0 Å². The molecule has 0 aliphatic rings. The molecule has 8 heteroatoms. The SMILES string of the molecule is COc1nn(C)cc1C(=O)Nc1ccc(C(=O)Nc2ccc(C(C)=O)cc2)cc1. The number of ketones is 1. The molecular formula is C21H20N4O4. The number of anilines is 2. The van der Waals surface area contributed by atoms with Crippen LogP contribution in [0.4, 0.5) is 11.4 Å². The van der Waals surface area contributed by atoms with E-state index in [0.29, 0.717) is 28.1 Å². The summed E-state index contributed by atoms with van der Waals surface area (Å²) >= 11 is 0. The summed E-state index contributed by atoms with van der Waals surface area (Å²) in [4.78, 5) is 36.1. The fourth-order valence-corrected chi connectivity index (χ4v) is 2.67. The van der Waals surface area contributed by atoms with Crippen molar-refractivity contribution in [1.29, 1.82) is 0 Å². The van der Waals surface area contributed by atoms with Crippen molar-refractivity contribution >= 4 is 29.0 Å². The number of aryl methyl sites for hydroxylation is 1. The summed E-state index contributed by atoms with van der Waals surface area (Å²) in [5.74, 6) is -0.466. The smallest absolute Gasteiger partial charge is 0.262 e. The first-order valence-corrected chi connectivity index (χ1v) is 8.79. The first-order valence-electron chi connectivity index (χ1n) is 8.79.